The molecule has 2 atom stereocenters. The third-order valence-electron chi connectivity index (χ3n) is 5.88. The van der Waals surface area contributed by atoms with Gasteiger partial charge in [0, 0.05) is 48.4 Å². The van der Waals surface area contributed by atoms with Gasteiger partial charge in [-0.25, -0.2) is 13.8 Å². The van der Waals surface area contributed by atoms with Crippen LogP contribution in [0.2, 0.25) is 0 Å². The van der Waals surface area contributed by atoms with Crippen molar-refractivity contribution in [2.45, 2.75) is 57.3 Å². The van der Waals surface area contributed by atoms with Crippen molar-refractivity contribution in [1.82, 2.24) is 20.2 Å². The second kappa shape index (κ2) is 14.1. The minimum atomic E-state index is -1.06. The van der Waals surface area contributed by atoms with Gasteiger partial charge in [0.2, 0.25) is 0 Å². The zero-order valence-corrected chi connectivity index (χ0v) is 22.7. The number of carbonyl (C=O) groups is 2. The molecule has 0 aliphatic carbocycles. The number of imidazole rings is 1. The first kappa shape index (κ1) is 29.3. The summed E-state index contributed by atoms with van der Waals surface area (Å²) in [5, 5.41) is 14.4. The Morgan fingerprint density at radius 1 is 1.05 bits per heavy atom. The molecule has 3 rings (SSSR count). The van der Waals surface area contributed by atoms with E-state index in [1.807, 2.05) is 13.8 Å². The first-order valence-corrected chi connectivity index (χ1v) is 13.7. The lowest BCUT2D eigenvalue weighted by Gasteiger charge is -2.25. The van der Waals surface area contributed by atoms with Crippen molar-refractivity contribution in [2.75, 3.05) is 18.8 Å². The average Bonchev–Trinajstić information content (AvgIpc) is 3.39. The van der Waals surface area contributed by atoms with Gasteiger partial charge < -0.3 is 20.3 Å². The number of aliphatic hydroxyl groups is 1. The largest absolute Gasteiger partial charge is 0.390 e. The second-order valence-corrected chi connectivity index (χ2v) is 10.2. The molecular formula is C28H34F2N4O3S. The van der Waals surface area contributed by atoms with Crippen LogP contribution in [0.1, 0.15) is 58.5 Å². The number of aryl methyl sites for hydroxylation is 1. The number of aromatic amines is 1. The van der Waals surface area contributed by atoms with Crippen LogP contribution >= 0.6 is 11.8 Å². The van der Waals surface area contributed by atoms with Crippen molar-refractivity contribution in [3.63, 3.8) is 0 Å². The quantitative estimate of drug-likeness (QED) is 0.270. The maximum absolute atomic E-state index is 13.8. The highest BCUT2D eigenvalue weighted by molar-refractivity contribution is 7.99. The van der Waals surface area contributed by atoms with Gasteiger partial charge in [0.05, 0.1) is 12.1 Å². The Labute approximate surface area is 226 Å². The summed E-state index contributed by atoms with van der Waals surface area (Å²) in [5.74, 6) is -1.95. The van der Waals surface area contributed by atoms with Crippen LogP contribution in [-0.2, 0) is 6.42 Å². The molecule has 0 aliphatic rings. The van der Waals surface area contributed by atoms with E-state index >= 15 is 0 Å². The van der Waals surface area contributed by atoms with Crippen LogP contribution in [0.15, 0.2) is 53.9 Å². The van der Waals surface area contributed by atoms with Crippen molar-refractivity contribution >= 4 is 23.6 Å². The van der Waals surface area contributed by atoms with E-state index in [0.717, 1.165) is 24.5 Å². The number of H-pyrrole nitrogens is 1. The summed E-state index contributed by atoms with van der Waals surface area (Å²) >= 11 is 1.26. The molecule has 2 unspecified atom stereocenters. The van der Waals surface area contributed by atoms with Crippen LogP contribution in [0.3, 0.4) is 0 Å². The van der Waals surface area contributed by atoms with Gasteiger partial charge in [-0.05, 0) is 67.6 Å². The molecule has 0 radical (unpaired) electrons. The summed E-state index contributed by atoms with van der Waals surface area (Å²) in [6, 6.07) is 7.22. The van der Waals surface area contributed by atoms with E-state index in [2.05, 4.69) is 15.3 Å². The maximum atomic E-state index is 13.8. The Morgan fingerprint density at radius 3 is 2.32 bits per heavy atom. The van der Waals surface area contributed by atoms with E-state index in [-0.39, 0.29) is 23.6 Å². The molecule has 0 fully saturated rings. The second-order valence-electron chi connectivity index (χ2n) is 9.21. The van der Waals surface area contributed by atoms with E-state index < -0.39 is 29.7 Å². The topological polar surface area (TPSA) is 98.3 Å². The molecule has 7 nitrogen and oxygen atoms in total. The fourth-order valence-corrected chi connectivity index (χ4v) is 5.05. The highest BCUT2D eigenvalue weighted by Crippen LogP contribution is 2.19. The molecule has 3 N–H and O–H groups in total. The third kappa shape index (κ3) is 8.39. The van der Waals surface area contributed by atoms with Gasteiger partial charge in [0.15, 0.2) is 5.16 Å². The lowest BCUT2D eigenvalue weighted by atomic mass is 10.00. The molecule has 10 heteroatoms. The van der Waals surface area contributed by atoms with Gasteiger partial charge in [-0.2, -0.15) is 0 Å². The van der Waals surface area contributed by atoms with Gasteiger partial charge in [-0.3, -0.25) is 9.59 Å². The zero-order chi connectivity index (χ0) is 27.7. The Hall–Kier alpha value is -3.24. The van der Waals surface area contributed by atoms with Crippen LogP contribution in [0.4, 0.5) is 8.78 Å². The lowest BCUT2D eigenvalue weighted by Crippen LogP contribution is -2.46. The number of nitrogens with zero attached hydrogens (tertiary/aromatic N) is 2. The molecule has 0 bridgehead atoms. The number of nitrogens with one attached hydrogen (secondary N) is 2. The summed E-state index contributed by atoms with van der Waals surface area (Å²) in [5.41, 5.74) is 1.72. The van der Waals surface area contributed by atoms with Crippen molar-refractivity contribution in [3.8, 4) is 0 Å². The number of benzene rings is 2. The first-order chi connectivity index (χ1) is 18.2. The van der Waals surface area contributed by atoms with E-state index in [1.165, 1.54) is 23.9 Å². The Bertz CT molecular complexity index is 1200. The normalized spacial score (nSPS) is 12.7. The minimum absolute atomic E-state index is 0.00131. The van der Waals surface area contributed by atoms with E-state index in [0.29, 0.717) is 29.4 Å². The van der Waals surface area contributed by atoms with Crippen LogP contribution in [-0.4, -0.2) is 62.8 Å². The molecule has 3 aromatic rings. The Kier molecular flexibility index (Phi) is 10.8. The van der Waals surface area contributed by atoms with E-state index in [9.17, 15) is 23.5 Å². The zero-order valence-electron chi connectivity index (χ0n) is 21.8. The van der Waals surface area contributed by atoms with Crippen molar-refractivity contribution in [2.24, 2.45) is 0 Å². The van der Waals surface area contributed by atoms with Crippen LogP contribution in [0.25, 0.3) is 0 Å². The highest BCUT2D eigenvalue weighted by atomic mass is 32.2. The highest BCUT2D eigenvalue weighted by Gasteiger charge is 2.25. The van der Waals surface area contributed by atoms with Gasteiger partial charge in [-0.15, -0.1) is 0 Å². The van der Waals surface area contributed by atoms with Gasteiger partial charge in [0.25, 0.3) is 11.8 Å². The first-order valence-electron chi connectivity index (χ1n) is 12.7. The lowest BCUT2D eigenvalue weighted by molar-refractivity contribution is 0.0755. The molecule has 0 saturated carbocycles. The predicted molar refractivity (Wildman–Crippen MR) is 144 cm³/mol. The molecule has 1 aromatic heterocycles. The molecule has 0 aliphatic heterocycles. The van der Waals surface area contributed by atoms with Crippen LogP contribution < -0.4 is 5.32 Å². The van der Waals surface area contributed by atoms with Gasteiger partial charge >= 0.3 is 0 Å². The summed E-state index contributed by atoms with van der Waals surface area (Å²) < 4.78 is 27.7. The van der Waals surface area contributed by atoms with Gasteiger partial charge in [-0.1, -0.05) is 25.6 Å². The number of hydrogen-bond acceptors (Lipinski definition) is 5. The third-order valence-corrected chi connectivity index (χ3v) is 6.89. The van der Waals surface area contributed by atoms with E-state index in [4.69, 9.17) is 0 Å². The molecular weight excluding hydrogens is 510 g/mol. The summed E-state index contributed by atoms with van der Waals surface area (Å²) in [6.45, 7) is 7.05. The molecule has 2 aromatic carbocycles. The van der Waals surface area contributed by atoms with Crippen LogP contribution in [0.5, 0.6) is 0 Å². The van der Waals surface area contributed by atoms with Crippen molar-refractivity contribution in [1.29, 1.82) is 0 Å². The summed E-state index contributed by atoms with van der Waals surface area (Å²) in [7, 11) is 0. The van der Waals surface area contributed by atoms with Crippen molar-refractivity contribution in [3.05, 3.63) is 82.7 Å². The number of thioether (sulfide) groups is 1. The average molecular weight is 545 g/mol. The molecule has 0 saturated heterocycles. The smallest absolute Gasteiger partial charge is 0.253 e. The summed E-state index contributed by atoms with van der Waals surface area (Å²) in [6.07, 6.45) is 3.82. The Balaban J connectivity index is 1.83. The SMILES string of the molecule is CCCN(CCC)C(=O)c1cc(C)cc(C(=O)NC(Cc2cc(F)cc(F)c2)C(O)CSc2ncc[nH]2)c1. The molecule has 0 spiro atoms. The monoisotopic (exact) mass is 544 g/mol. The Morgan fingerprint density at radius 2 is 1.71 bits per heavy atom. The standard InChI is InChI=1S/C28H34F2N4O3S/c1-4-8-34(9-5-2)27(37)21-11-18(3)10-20(15-21)26(36)33-24(14-19-12-22(29)16-23(30)13-19)25(35)17-38-28-31-6-7-32-28/h6-7,10-13,15-16,24-25,35H,4-5,8-9,14,17H2,1-3H3,(H,31,32)(H,33,36). The maximum Gasteiger partial charge on any atom is 0.253 e. The molecule has 1 heterocycles. The molecule has 38 heavy (non-hydrogen) atoms. The minimum Gasteiger partial charge on any atom is -0.390 e. The van der Waals surface area contributed by atoms with Crippen molar-refractivity contribution < 1.29 is 23.5 Å². The van der Waals surface area contributed by atoms with Gasteiger partial charge in [0.1, 0.15) is 11.6 Å². The van der Waals surface area contributed by atoms with E-state index in [1.54, 1.807) is 42.4 Å². The fourth-order valence-electron chi connectivity index (χ4n) is 4.20. The number of hydrogen-bond donors (Lipinski definition) is 3. The van der Waals surface area contributed by atoms with Crippen LogP contribution in [0, 0.1) is 18.6 Å². The number of aliphatic hydroxyl groups excluding tert-OH is 1. The molecule has 2 amide bonds. The predicted octanol–water partition coefficient (Wildman–Crippen LogP) is 4.75. The number of carbonyl (C=O) groups excluding carboxylic acids is 2. The number of rotatable bonds is 13. The molecule has 204 valence electrons. The fraction of sp³-hybridized carbons (Fsp3) is 0.393. The number of halogens is 2. The summed E-state index contributed by atoms with van der Waals surface area (Å²) in [4.78, 5) is 35.3. The number of amides is 2. The number of aromatic nitrogens is 2.